The number of nitrogens with zero attached hydrogens (tertiary/aromatic N) is 1. The van der Waals surface area contributed by atoms with Gasteiger partial charge in [-0.1, -0.05) is 24.3 Å². The average molecular weight is 357 g/mol. The van der Waals surface area contributed by atoms with Gasteiger partial charge in [0.1, 0.15) is 5.75 Å². The van der Waals surface area contributed by atoms with Crippen LogP contribution in [-0.4, -0.2) is 38.4 Å². The number of hydrogen-bond donors (Lipinski definition) is 3. The third-order valence-electron chi connectivity index (χ3n) is 3.91. The number of guanidine groups is 1. The number of para-hydroxylation sites is 1. The lowest BCUT2D eigenvalue weighted by molar-refractivity contribution is 0.370. The van der Waals surface area contributed by atoms with Crippen molar-refractivity contribution < 1.29 is 14.6 Å². The lowest BCUT2D eigenvalue weighted by Crippen LogP contribution is -2.38. The summed E-state index contributed by atoms with van der Waals surface area (Å²) < 4.78 is 10.3. The van der Waals surface area contributed by atoms with Gasteiger partial charge in [0.25, 0.3) is 0 Å². The Morgan fingerprint density at radius 3 is 2.46 bits per heavy atom. The zero-order valence-electron chi connectivity index (χ0n) is 15.6. The number of aliphatic imine (C=N–C) groups is 1. The van der Waals surface area contributed by atoms with Crippen molar-refractivity contribution in [3.8, 4) is 17.2 Å². The van der Waals surface area contributed by atoms with Gasteiger partial charge in [0, 0.05) is 13.1 Å². The maximum Gasteiger partial charge on any atom is 0.191 e. The van der Waals surface area contributed by atoms with Gasteiger partial charge >= 0.3 is 0 Å². The minimum absolute atomic E-state index is 0.192. The molecule has 0 saturated heterocycles. The maximum atomic E-state index is 10.1. The second kappa shape index (κ2) is 10.2. The minimum Gasteiger partial charge on any atom is -0.504 e. The third kappa shape index (κ3) is 5.58. The van der Waals surface area contributed by atoms with E-state index in [0.717, 1.165) is 29.4 Å². The molecule has 0 aliphatic rings. The fourth-order valence-electron chi connectivity index (χ4n) is 2.49. The molecule has 0 aliphatic carbocycles. The van der Waals surface area contributed by atoms with Crippen LogP contribution in [0.3, 0.4) is 0 Å². The molecule has 0 spiro atoms. The van der Waals surface area contributed by atoms with Crippen molar-refractivity contribution in [2.24, 2.45) is 4.99 Å². The van der Waals surface area contributed by atoms with Gasteiger partial charge in [0.2, 0.25) is 0 Å². The highest BCUT2D eigenvalue weighted by atomic mass is 16.5. The number of methoxy groups -OCH3 is 2. The summed E-state index contributed by atoms with van der Waals surface area (Å²) in [7, 11) is 3.20. The first kappa shape index (κ1) is 19.4. The van der Waals surface area contributed by atoms with Crippen molar-refractivity contribution in [1.29, 1.82) is 0 Å². The third-order valence-corrected chi connectivity index (χ3v) is 3.91. The van der Waals surface area contributed by atoms with E-state index in [2.05, 4.69) is 15.6 Å². The molecule has 6 nitrogen and oxygen atoms in total. The van der Waals surface area contributed by atoms with Gasteiger partial charge in [-0.25, -0.2) is 4.99 Å². The molecule has 6 heteroatoms. The van der Waals surface area contributed by atoms with Gasteiger partial charge < -0.3 is 25.2 Å². The van der Waals surface area contributed by atoms with Crippen molar-refractivity contribution in [1.82, 2.24) is 10.6 Å². The van der Waals surface area contributed by atoms with Crippen LogP contribution in [0.15, 0.2) is 47.5 Å². The van der Waals surface area contributed by atoms with E-state index in [-0.39, 0.29) is 5.75 Å². The Morgan fingerprint density at radius 1 is 1.04 bits per heavy atom. The van der Waals surface area contributed by atoms with E-state index in [1.54, 1.807) is 20.3 Å². The highest BCUT2D eigenvalue weighted by Crippen LogP contribution is 2.29. The molecule has 0 unspecified atom stereocenters. The molecule has 0 bridgehead atoms. The van der Waals surface area contributed by atoms with Crippen molar-refractivity contribution in [3.05, 3.63) is 53.6 Å². The maximum absolute atomic E-state index is 10.1. The molecule has 0 amide bonds. The van der Waals surface area contributed by atoms with E-state index >= 15 is 0 Å². The van der Waals surface area contributed by atoms with Gasteiger partial charge in [0.05, 0.1) is 20.8 Å². The first-order chi connectivity index (χ1) is 12.7. The molecule has 140 valence electrons. The number of hydrogen-bond acceptors (Lipinski definition) is 4. The molecule has 0 heterocycles. The van der Waals surface area contributed by atoms with E-state index in [0.29, 0.717) is 25.3 Å². The smallest absolute Gasteiger partial charge is 0.191 e. The molecular formula is C20H27N3O3. The first-order valence-corrected chi connectivity index (χ1v) is 8.67. The Balaban J connectivity index is 1.92. The normalized spacial score (nSPS) is 11.1. The zero-order chi connectivity index (χ0) is 18.8. The van der Waals surface area contributed by atoms with Gasteiger partial charge in [0.15, 0.2) is 17.5 Å². The lowest BCUT2D eigenvalue weighted by atomic mass is 10.1. The molecule has 2 aromatic rings. The summed E-state index contributed by atoms with van der Waals surface area (Å²) in [5.74, 6) is 2.26. The molecule has 0 radical (unpaired) electrons. The first-order valence-electron chi connectivity index (χ1n) is 8.67. The average Bonchev–Trinajstić information content (AvgIpc) is 2.67. The van der Waals surface area contributed by atoms with Crippen molar-refractivity contribution in [2.45, 2.75) is 19.9 Å². The number of rotatable bonds is 8. The van der Waals surface area contributed by atoms with Gasteiger partial charge in [-0.05, 0) is 42.7 Å². The van der Waals surface area contributed by atoms with Crippen LogP contribution in [0.2, 0.25) is 0 Å². The molecule has 26 heavy (non-hydrogen) atoms. The summed E-state index contributed by atoms with van der Waals surface area (Å²) in [5.41, 5.74) is 1.94. The van der Waals surface area contributed by atoms with Crippen LogP contribution >= 0.6 is 0 Å². The second-order valence-electron chi connectivity index (χ2n) is 5.69. The second-order valence-corrected chi connectivity index (χ2v) is 5.69. The summed E-state index contributed by atoms with van der Waals surface area (Å²) >= 11 is 0. The van der Waals surface area contributed by atoms with E-state index in [4.69, 9.17) is 9.47 Å². The number of aromatic hydroxyl groups is 1. The molecule has 0 saturated carbocycles. The number of phenolic OH excluding ortho intramolecular Hbond substituents is 1. The fraction of sp³-hybridized carbons (Fsp3) is 0.350. The zero-order valence-corrected chi connectivity index (χ0v) is 15.6. The van der Waals surface area contributed by atoms with Crippen molar-refractivity contribution in [3.63, 3.8) is 0 Å². The summed E-state index contributed by atoms with van der Waals surface area (Å²) in [5, 5.41) is 16.7. The van der Waals surface area contributed by atoms with Crippen LogP contribution in [0.5, 0.6) is 17.2 Å². The Labute approximate surface area is 154 Å². The molecule has 0 atom stereocenters. The molecule has 2 rings (SSSR count). The number of ether oxygens (including phenoxy) is 2. The summed E-state index contributed by atoms with van der Waals surface area (Å²) in [6.45, 7) is 4.02. The van der Waals surface area contributed by atoms with E-state index in [1.165, 1.54) is 0 Å². The number of nitrogens with one attached hydrogen (secondary N) is 2. The van der Waals surface area contributed by atoms with Crippen molar-refractivity contribution in [2.75, 3.05) is 27.3 Å². The monoisotopic (exact) mass is 357 g/mol. The molecule has 0 aromatic heterocycles. The van der Waals surface area contributed by atoms with Crippen molar-refractivity contribution >= 4 is 5.96 Å². The van der Waals surface area contributed by atoms with Crippen LogP contribution in [0.25, 0.3) is 0 Å². The molecular weight excluding hydrogens is 330 g/mol. The van der Waals surface area contributed by atoms with Crippen LogP contribution in [-0.2, 0) is 13.0 Å². The Morgan fingerprint density at radius 2 is 1.81 bits per heavy atom. The summed E-state index contributed by atoms with van der Waals surface area (Å²) in [6.07, 6.45) is 0.663. The highest BCUT2D eigenvalue weighted by Gasteiger charge is 2.07. The quantitative estimate of drug-likeness (QED) is 0.500. The topological polar surface area (TPSA) is 75.1 Å². The van der Waals surface area contributed by atoms with E-state index in [9.17, 15) is 5.11 Å². The predicted octanol–water partition coefficient (Wildman–Crippen LogP) is 2.71. The Kier molecular flexibility index (Phi) is 7.61. The molecule has 0 aliphatic heterocycles. The van der Waals surface area contributed by atoms with E-state index < -0.39 is 0 Å². The molecule has 0 fully saturated rings. The van der Waals surface area contributed by atoms with Crippen LogP contribution in [0.1, 0.15) is 18.1 Å². The van der Waals surface area contributed by atoms with Gasteiger partial charge in [-0.3, -0.25) is 0 Å². The highest BCUT2D eigenvalue weighted by molar-refractivity contribution is 5.79. The largest absolute Gasteiger partial charge is 0.504 e. The summed E-state index contributed by atoms with van der Waals surface area (Å²) in [6, 6.07) is 13.4. The van der Waals surface area contributed by atoms with Crippen LogP contribution < -0.4 is 20.1 Å². The summed E-state index contributed by atoms with van der Waals surface area (Å²) in [4.78, 5) is 4.59. The fourth-order valence-corrected chi connectivity index (χ4v) is 2.49. The number of phenols is 1. The van der Waals surface area contributed by atoms with Gasteiger partial charge in [-0.2, -0.15) is 0 Å². The standard InChI is InChI=1S/C20H27N3O3/c1-4-21-20(23-14-15-8-10-17(25-2)11-9-15)22-13-12-16-6-5-7-18(26-3)19(16)24/h5-11,24H,4,12-14H2,1-3H3,(H2,21,22,23). The van der Waals surface area contributed by atoms with Crippen LogP contribution in [0, 0.1) is 0 Å². The van der Waals surface area contributed by atoms with Crippen LogP contribution in [0.4, 0.5) is 0 Å². The Bertz CT molecular complexity index is 715. The predicted molar refractivity (Wildman–Crippen MR) is 104 cm³/mol. The van der Waals surface area contributed by atoms with E-state index in [1.807, 2.05) is 43.3 Å². The Hall–Kier alpha value is -2.89. The number of benzene rings is 2. The van der Waals surface area contributed by atoms with Gasteiger partial charge in [-0.15, -0.1) is 0 Å². The lowest BCUT2D eigenvalue weighted by Gasteiger charge is -2.13. The molecule has 2 aromatic carbocycles. The SMILES string of the molecule is CCNC(=NCc1ccc(OC)cc1)NCCc1cccc(OC)c1O. The minimum atomic E-state index is 0.192. The molecule has 3 N–H and O–H groups in total.